The molecule has 3 heterocycles. The maximum absolute atomic E-state index is 12.7. The first kappa shape index (κ1) is 21.2. The van der Waals surface area contributed by atoms with E-state index in [-0.39, 0.29) is 18.6 Å². The lowest BCUT2D eigenvalue weighted by Crippen LogP contribution is -2.48. The highest BCUT2D eigenvalue weighted by atomic mass is 16.5. The van der Waals surface area contributed by atoms with Crippen molar-refractivity contribution < 1.29 is 14.6 Å². The molecule has 31 heavy (non-hydrogen) atoms. The molecule has 2 unspecified atom stereocenters. The van der Waals surface area contributed by atoms with Crippen LogP contribution in [0.4, 0.5) is 0 Å². The van der Waals surface area contributed by atoms with Gasteiger partial charge < -0.3 is 15.2 Å². The van der Waals surface area contributed by atoms with Gasteiger partial charge in [-0.15, -0.1) is 0 Å². The van der Waals surface area contributed by atoms with Crippen LogP contribution in [-0.2, 0) is 18.2 Å². The van der Waals surface area contributed by atoms with Crippen LogP contribution in [-0.4, -0.2) is 51.1 Å². The number of ether oxygens (including phenoxy) is 1. The van der Waals surface area contributed by atoms with Crippen LogP contribution in [0.1, 0.15) is 39.3 Å². The molecular weight excluding hydrogens is 392 g/mol. The lowest BCUT2D eigenvalue weighted by atomic mass is 9.98. The van der Waals surface area contributed by atoms with Crippen LogP contribution < -0.4 is 5.32 Å². The minimum atomic E-state index is -0.690. The van der Waals surface area contributed by atoms with Gasteiger partial charge >= 0.3 is 0 Å². The van der Waals surface area contributed by atoms with E-state index in [1.54, 1.807) is 6.20 Å². The highest BCUT2D eigenvalue weighted by Crippen LogP contribution is 2.24. The molecule has 3 aromatic rings. The van der Waals surface area contributed by atoms with Crippen molar-refractivity contribution >= 4 is 5.91 Å². The molecule has 0 bridgehead atoms. The summed E-state index contributed by atoms with van der Waals surface area (Å²) in [5, 5.41) is 17.3. The fourth-order valence-electron chi connectivity index (χ4n) is 3.92. The number of rotatable bonds is 5. The maximum Gasteiger partial charge on any atom is 0.270 e. The van der Waals surface area contributed by atoms with Crippen molar-refractivity contribution in [1.29, 1.82) is 0 Å². The van der Waals surface area contributed by atoms with Gasteiger partial charge in [0.15, 0.2) is 0 Å². The smallest absolute Gasteiger partial charge is 0.270 e. The molecule has 0 spiro atoms. The normalized spacial score (nSPS) is 18.7. The van der Waals surface area contributed by atoms with Crippen LogP contribution in [0.25, 0.3) is 11.1 Å². The molecule has 4 rings (SSSR count). The van der Waals surface area contributed by atoms with Gasteiger partial charge in [0.1, 0.15) is 5.69 Å². The Labute approximate surface area is 182 Å². The van der Waals surface area contributed by atoms with Crippen LogP contribution in [0.15, 0.2) is 42.7 Å². The number of aliphatic hydroxyl groups excluding tert-OH is 1. The Morgan fingerprint density at radius 2 is 2.06 bits per heavy atom. The van der Waals surface area contributed by atoms with Crippen molar-refractivity contribution in [2.45, 2.75) is 38.8 Å². The molecule has 7 nitrogen and oxygen atoms in total. The molecule has 1 fully saturated rings. The minimum absolute atomic E-state index is 0.242. The third kappa shape index (κ3) is 4.84. The number of nitrogens with zero attached hydrogens (tertiary/aromatic N) is 3. The first-order chi connectivity index (χ1) is 14.9. The summed E-state index contributed by atoms with van der Waals surface area (Å²) in [7, 11) is 1.92. The standard InChI is InChI=1S/C24H28N4O3/c1-15-12-25-22(24(30)26-21-8-9-31-14-23(21)29)11-19(15)10-17-4-6-18(7-5-17)20-13-28(3)27-16(20)2/h4-7,11-13,21,23,29H,8-10,14H2,1-3H3,(H,26,30). The summed E-state index contributed by atoms with van der Waals surface area (Å²) in [5.74, 6) is -0.269. The van der Waals surface area contributed by atoms with Gasteiger partial charge in [0.2, 0.25) is 0 Å². The van der Waals surface area contributed by atoms with Crippen molar-refractivity contribution in [3.8, 4) is 11.1 Å². The van der Waals surface area contributed by atoms with Crippen LogP contribution in [0.5, 0.6) is 0 Å². The molecule has 1 saturated heterocycles. The maximum atomic E-state index is 12.7. The molecule has 1 amide bonds. The van der Waals surface area contributed by atoms with Gasteiger partial charge in [0.25, 0.3) is 5.91 Å². The highest BCUT2D eigenvalue weighted by Gasteiger charge is 2.26. The van der Waals surface area contributed by atoms with Crippen molar-refractivity contribution in [3.05, 3.63) is 70.8 Å². The second kappa shape index (κ2) is 8.99. The number of amides is 1. The Hall–Kier alpha value is -3.03. The van der Waals surface area contributed by atoms with Gasteiger partial charge in [-0.3, -0.25) is 14.5 Å². The summed E-state index contributed by atoms with van der Waals surface area (Å²) < 4.78 is 7.05. The highest BCUT2D eigenvalue weighted by molar-refractivity contribution is 5.92. The number of carbonyl (C=O) groups excluding carboxylic acids is 1. The Morgan fingerprint density at radius 1 is 1.29 bits per heavy atom. The quantitative estimate of drug-likeness (QED) is 0.662. The van der Waals surface area contributed by atoms with Crippen molar-refractivity contribution in [2.24, 2.45) is 7.05 Å². The SMILES string of the molecule is Cc1cnc(C(=O)NC2CCOCC2O)cc1Cc1ccc(-c2cn(C)nc2C)cc1. The van der Waals surface area contributed by atoms with Crippen molar-refractivity contribution in [2.75, 3.05) is 13.2 Å². The number of pyridine rings is 1. The number of nitrogens with one attached hydrogen (secondary N) is 1. The predicted octanol–water partition coefficient (Wildman–Crippen LogP) is 2.57. The van der Waals surface area contributed by atoms with Crippen LogP contribution in [0.2, 0.25) is 0 Å². The van der Waals surface area contributed by atoms with Crippen LogP contribution >= 0.6 is 0 Å². The van der Waals surface area contributed by atoms with Crippen LogP contribution in [0, 0.1) is 13.8 Å². The van der Waals surface area contributed by atoms with Crippen molar-refractivity contribution in [1.82, 2.24) is 20.1 Å². The number of aromatic nitrogens is 3. The first-order valence-corrected chi connectivity index (χ1v) is 10.5. The van der Waals surface area contributed by atoms with E-state index in [1.807, 2.05) is 37.8 Å². The van der Waals surface area contributed by atoms with Gasteiger partial charge in [0.05, 0.1) is 24.4 Å². The van der Waals surface area contributed by atoms with Crippen LogP contribution in [0.3, 0.4) is 0 Å². The van der Waals surface area contributed by atoms with E-state index >= 15 is 0 Å². The molecule has 1 aliphatic heterocycles. The summed E-state index contributed by atoms with van der Waals surface area (Å²) in [6.07, 6.45) is 4.37. The van der Waals surface area contributed by atoms with E-state index in [2.05, 4.69) is 39.7 Å². The third-order valence-corrected chi connectivity index (χ3v) is 5.76. The van der Waals surface area contributed by atoms with Gasteiger partial charge in [0, 0.05) is 31.6 Å². The van der Waals surface area contributed by atoms with E-state index in [9.17, 15) is 9.90 Å². The minimum Gasteiger partial charge on any atom is -0.389 e. The monoisotopic (exact) mass is 420 g/mol. The molecule has 1 aliphatic rings. The van der Waals surface area contributed by atoms with E-state index in [0.717, 1.165) is 33.5 Å². The largest absolute Gasteiger partial charge is 0.389 e. The fraction of sp³-hybridized carbons (Fsp3) is 0.375. The summed E-state index contributed by atoms with van der Waals surface area (Å²) >= 11 is 0. The Kier molecular flexibility index (Phi) is 6.15. The van der Waals surface area contributed by atoms with Crippen molar-refractivity contribution in [3.63, 3.8) is 0 Å². The Bertz CT molecular complexity index is 1070. The number of benzene rings is 1. The predicted molar refractivity (Wildman–Crippen MR) is 118 cm³/mol. The zero-order chi connectivity index (χ0) is 22.0. The van der Waals surface area contributed by atoms with Gasteiger partial charge in [-0.05, 0) is 55.0 Å². The first-order valence-electron chi connectivity index (χ1n) is 10.5. The summed E-state index contributed by atoms with van der Waals surface area (Å²) in [5.41, 5.74) is 6.88. The molecule has 162 valence electrons. The third-order valence-electron chi connectivity index (χ3n) is 5.76. The molecule has 0 radical (unpaired) electrons. The average Bonchev–Trinajstić information content (AvgIpc) is 3.09. The molecule has 0 saturated carbocycles. The van der Waals surface area contributed by atoms with E-state index in [1.165, 1.54) is 0 Å². The van der Waals surface area contributed by atoms with Gasteiger partial charge in [-0.1, -0.05) is 24.3 Å². The zero-order valence-electron chi connectivity index (χ0n) is 18.1. The summed E-state index contributed by atoms with van der Waals surface area (Å²) in [6.45, 7) is 4.78. The number of carbonyl (C=O) groups is 1. The molecular formula is C24H28N4O3. The Balaban J connectivity index is 1.48. The number of aryl methyl sites for hydroxylation is 3. The van der Waals surface area contributed by atoms with E-state index in [4.69, 9.17) is 4.74 Å². The van der Waals surface area contributed by atoms with Gasteiger partial charge in [-0.25, -0.2) is 0 Å². The zero-order valence-corrected chi connectivity index (χ0v) is 18.1. The van der Waals surface area contributed by atoms with E-state index in [0.29, 0.717) is 25.1 Å². The second-order valence-corrected chi connectivity index (χ2v) is 8.18. The van der Waals surface area contributed by atoms with Gasteiger partial charge in [-0.2, -0.15) is 5.10 Å². The number of hydrogen-bond acceptors (Lipinski definition) is 5. The molecule has 2 N–H and O–H groups in total. The number of aliphatic hydroxyl groups is 1. The lowest BCUT2D eigenvalue weighted by Gasteiger charge is -2.28. The Morgan fingerprint density at radius 3 is 2.74 bits per heavy atom. The fourth-order valence-corrected chi connectivity index (χ4v) is 3.92. The second-order valence-electron chi connectivity index (χ2n) is 8.18. The average molecular weight is 421 g/mol. The van der Waals surface area contributed by atoms with E-state index < -0.39 is 6.10 Å². The summed E-state index contributed by atoms with van der Waals surface area (Å²) in [6, 6.07) is 9.97. The lowest BCUT2D eigenvalue weighted by molar-refractivity contribution is -0.0261. The number of hydrogen-bond donors (Lipinski definition) is 2. The molecule has 2 atom stereocenters. The molecule has 7 heteroatoms. The topological polar surface area (TPSA) is 89.3 Å². The molecule has 0 aliphatic carbocycles. The summed E-state index contributed by atoms with van der Waals surface area (Å²) in [4.78, 5) is 17.0. The molecule has 2 aromatic heterocycles. The molecule has 1 aromatic carbocycles.